The standard InChI is InChI=1S/C14H16O2/c1-10-8-11(2)16-14(15)13(10)9-12-6-4-3-5-7-12/h3-8,10,13H,9H2,1-2H3/t10-,13-/m0/s1. The van der Waals surface area contributed by atoms with Crippen LogP contribution in [0.2, 0.25) is 0 Å². The molecular weight excluding hydrogens is 200 g/mol. The highest BCUT2D eigenvalue weighted by Gasteiger charge is 2.29. The lowest BCUT2D eigenvalue weighted by Crippen LogP contribution is -2.28. The van der Waals surface area contributed by atoms with E-state index < -0.39 is 0 Å². The van der Waals surface area contributed by atoms with E-state index in [1.807, 2.05) is 43.3 Å². The van der Waals surface area contributed by atoms with Gasteiger partial charge in [-0.2, -0.15) is 0 Å². The molecule has 1 aromatic rings. The van der Waals surface area contributed by atoms with E-state index in [0.29, 0.717) is 0 Å². The zero-order chi connectivity index (χ0) is 11.5. The quantitative estimate of drug-likeness (QED) is 0.710. The zero-order valence-electron chi connectivity index (χ0n) is 9.64. The van der Waals surface area contributed by atoms with Gasteiger partial charge in [-0.3, -0.25) is 4.79 Å². The van der Waals surface area contributed by atoms with Crippen molar-refractivity contribution in [3.63, 3.8) is 0 Å². The lowest BCUT2D eigenvalue weighted by molar-refractivity contribution is -0.147. The molecule has 0 spiro atoms. The van der Waals surface area contributed by atoms with Gasteiger partial charge in [-0.05, 0) is 30.9 Å². The van der Waals surface area contributed by atoms with Gasteiger partial charge in [0.25, 0.3) is 0 Å². The van der Waals surface area contributed by atoms with E-state index in [4.69, 9.17) is 4.74 Å². The van der Waals surface area contributed by atoms with Crippen LogP contribution >= 0.6 is 0 Å². The first-order valence-electron chi connectivity index (χ1n) is 5.61. The molecule has 0 aliphatic carbocycles. The highest BCUT2D eigenvalue weighted by molar-refractivity contribution is 5.75. The van der Waals surface area contributed by atoms with Gasteiger partial charge in [-0.15, -0.1) is 0 Å². The average Bonchev–Trinajstić information content (AvgIpc) is 2.25. The number of carbonyl (C=O) groups excluding carboxylic acids is 1. The maximum absolute atomic E-state index is 11.8. The molecule has 16 heavy (non-hydrogen) atoms. The third-order valence-electron chi connectivity index (χ3n) is 3.00. The van der Waals surface area contributed by atoms with Gasteiger partial charge >= 0.3 is 5.97 Å². The van der Waals surface area contributed by atoms with E-state index in [1.54, 1.807) is 0 Å². The molecule has 84 valence electrons. The monoisotopic (exact) mass is 216 g/mol. The van der Waals surface area contributed by atoms with Gasteiger partial charge in [-0.1, -0.05) is 37.3 Å². The Kier molecular flexibility index (Phi) is 3.09. The van der Waals surface area contributed by atoms with E-state index in [-0.39, 0.29) is 17.8 Å². The minimum atomic E-state index is -0.101. The first kappa shape index (κ1) is 10.9. The van der Waals surface area contributed by atoms with Crippen LogP contribution in [0.25, 0.3) is 0 Å². The van der Waals surface area contributed by atoms with Crippen molar-refractivity contribution < 1.29 is 9.53 Å². The Labute approximate surface area is 95.9 Å². The molecule has 2 rings (SSSR count). The molecule has 0 unspecified atom stereocenters. The Bertz CT molecular complexity index is 406. The van der Waals surface area contributed by atoms with Crippen molar-refractivity contribution in [3.05, 3.63) is 47.7 Å². The summed E-state index contributed by atoms with van der Waals surface area (Å²) in [5, 5.41) is 0. The number of hydrogen-bond donors (Lipinski definition) is 0. The van der Waals surface area contributed by atoms with Gasteiger partial charge in [0.05, 0.1) is 5.92 Å². The van der Waals surface area contributed by atoms with Crippen molar-refractivity contribution in [1.82, 2.24) is 0 Å². The Balaban J connectivity index is 2.13. The predicted molar refractivity (Wildman–Crippen MR) is 62.6 cm³/mol. The van der Waals surface area contributed by atoms with Gasteiger partial charge in [0.1, 0.15) is 5.76 Å². The molecule has 0 bridgehead atoms. The molecule has 0 fully saturated rings. The highest BCUT2D eigenvalue weighted by atomic mass is 16.5. The Morgan fingerprint density at radius 1 is 1.25 bits per heavy atom. The number of rotatable bonds is 2. The van der Waals surface area contributed by atoms with Crippen LogP contribution in [0.3, 0.4) is 0 Å². The van der Waals surface area contributed by atoms with Crippen LogP contribution in [0.1, 0.15) is 19.4 Å². The van der Waals surface area contributed by atoms with Crippen molar-refractivity contribution >= 4 is 5.97 Å². The third kappa shape index (κ3) is 2.32. The first-order valence-corrected chi connectivity index (χ1v) is 5.61. The molecule has 2 heteroatoms. The smallest absolute Gasteiger partial charge is 0.314 e. The SMILES string of the molecule is CC1=C[C@H](C)[C@H](Cc2ccccc2)C(=O)O1. The van der Waals surface area contributed by atoms with Crippen LogP contribution in [0.5, 0.6) is 0 Å². The predicted octanol–water partition coefficient (Wildman–Crippen LogP) is 2.94. The van der Waals surface area contributed by atoms with Crippen LogP contribution in [0, 0.1) is 11.8 Å². The van der Waals surface area contributed by atoms with Crippen molar-refractivity contribution in [2.24, 2.45) is 11.8 Å². The fourth-order valence-corrected chi connectivity index (χ4v) is 2.11. The largest absolute Gasteiger partial charge is 0.431 e. The molecule has 0 N–H and O–H groups in total. The van der Waals surface area contributed by atoms with Crippen molar-refractivity contribution in [3.8, 4) is 0 Å². The van der Waals surface area contributed by atoms with E-state index in [0.717, 1.165) is 12.2 Å². The van der Waals surface area contributed by atoms with Crippen LogP contribution in [0.4, 0.5) is 0 Å². The maximum Gasteiger partial charge on any atom is 0.314 e. The Morgan fingerprint density at radius 3 is 2.56 bits per heavy atom. The summed E-state index contributed by atoms with van der Waals surface area (Å²) in [6, 6.07) is 10.1. The third-order valence-corrected chi connectivity index (χ3v) is 3.00. The van der Waals surface area contributed by atoms with E-state index in [9.17, 15) is 4.79 Å². The molecule has 1 aromatic carbocycles. The zero-order valence-corrected chi connectivity index (χ0v) is 9.64. The van der Waals surface area contributed by atoms with Gasteiger partial charge in [0, 0.05) is 0 Å². The fraction of sp³-hybridized carbons (Fsp3) is 0.357. The maximum atomic E-state index is 11.8. The number of esters is 1. The number of benzene rings is 1. The summed E-state index contributed by atoms with van der Waals surface area (Å²) in [5.74, 6) is 0.825. The summed E-state index contributed by atoms with van der Waals surface area (Å²) in [4.78, 5) is 11.8. The lowest BCUT2D eigenvalue weighted by atomic mass is 9.86. The molecule has 0 radical (unpaired) electrons. The van der Waals surface area contributed by atoms with E-state index >= 15 is 0 Å². The summed E-state index contributed by atoms with van der Waals surface area (Å²) >= 11 is 0. The van der Waals surface area contributed by atoms with Crippen LogP contribution in [0.15, 0.2) is 42.2 Å². The van der Waals surface area contributed by atoms with Crippen molar-refractivity contribution in [2.75, 3.05) is 0 Å². The highest BCUT2D eigenvalue weighted by Crippen LogP contribution is 2.26. The second kappa shape index (κ2) is 4.52. The average molecular weight is 216 g/mol. The minimum absolute atomic E-state index is 0.0499. The minimum Gasteiger partial charge on any atom is -0.431 e. The number of cyclic esters (lactones) is 1. The first-order chi connectivity index (χ1) is 7.66. The molecule has 1 aliphatic heterocycles. The Hall–Kier alpha value is -1.57. The summed E-state index contributed by atoms with van der Waals surface area (Å²) in [7, 11) is 0. The van der Waals surface area contributed by atoms with E-state index in [2.05, 4.69) is 6.92 Å². The molecule has 1 heterocycles. The van der Waals surface area contributed by atoms with Gasteiger partial charge < -0.3 is 4.74 Å². The molecule has 0 saturated carbocycles. The van der Waals surface area contributed by atoms with Gasteiger partial charge in [0.2, 0.25) is 0 Å². The number of carbonyl (C=O) groups is 1. The second-order valence-corrected chi connectivity index (χ2v) is 4.35. The van der Waals surface area contributed by atoms with Gasteiger partial charge in [0.15, 0.2) is 0 Å². The molecule has 0 saturated heterocycles. The molecule has 1 aliphatic rings. The van der Waals surface area contributed by atoms with Crippen LogP contribution in [-0.2, 0) is 16.0 Å². The topological polar surface area (TPSA) is 26.3 Å². The summed E-state index contributed by atoms with van der Waals surface area (Å²) in [6.07, 6.45) is 2.78. The van der Waals surface area contributed by atoms with Crippen molar-refractivity contribution in [1.29, 1.82) is 0 Å². The lowest BCUT2D eigenvalue weighted by Gasteiger charge is -2.25. The van der Waals surface area contributed by atoms with Gasteiger partial charge in [-0.25, -0.2) is 0 Å². The van der Waals surface area contributed by atoms with Crippen molar-refractivity contribution in [2.45, 2.75) is 20.3 Å². The summed E-state index contributed by atoms with van der Waals surface area (Å²) < 4.78 is 5.16. The molecule has 2 nitrogen and oxygen atoms in total. The number of ether oxygens (including phenoxy) is 1. The molecular formula is C14H16O2. The molecule has 0 amide bonds. The molecule has 2 atom stereocenters. The van der Waals surface area contributed by atoms with Crippen LogP contribution in [-0.4, -0.2) is 5.97 Å². The fourth-order valence-electron chi connectivity index (χ4n) is 2.11. The summed E-state index contributed by atoms with van der Waals surface area (Å²) in [6.45, 7) is 3.89. The number of allylic oxidation sites excluding steroid dienone is 2. The van der Waals surface area contributed by atoms with E-state index in [1.165, 1.54) is 5.56 Å². The normalized spacial score (nSPS) is 24.9. The van der Waals surface area contributed by atoms with Crippen LogP contribution < -0.4 is 0 Å². The molecule has 0 aromatic heterocycles. The number of hydrogen-bond acceptors (Lipinski definition) is 2. The second-order valence-electron chi connectivity index (χ2n) is 4.35. The summed E-state index contributed by atoms with van der Waals surface area (Å²) in [5.41, 5.74) is 1.18. The Morgan fingerprint density at radius 2 is 1.94 bits per heavy atom.